The summed E-state index contributed by atoms with van der Waals surface area (Å²) in [5, 5.41) is 11.4. The van der Waals surface area contributed by atoms with Crippen molar-refractivity contribution in [1.29, 1.82) is 0 Å². The minimum absolute atomic E-state index is 0.0671. The lowest BCUT2D eigenvalue weighted by Gasteiger charge is -2.26. The second kappa shape index (κ2) is 8.35. The zero-order chi connectivity index (χ0) is 20.4. The summed E-state index contributed by atoms with van der Waals surface area (Å²) < 4.78 is 0. The van der Waals surface area contributed by atoms with E-state index in [2.05, 4.69) is 9.88 Å². The number of aliphatic hydroxyl groups is 1. The van der Waals surface area contributed by atoms with Gasteiger partial charge in [-0.2, -0.15) is 0 Å². The zero-order valence-electron chi connectivity index (χ0n) is 15.9. The second-order valence-electron chi connectivity index (χ2n) is 7.30. The Balaban J connectivity index is 1.74. The fourth-order valence-electron chi connectivity index (χ4n) is 3.97. The Morgan fingerprint density at radius 1 is 1.07 bits per heavy atom. The van der Waals surface area contributed by atoms with Gasteiger partial charge in [-0.1, -0.05) is 17.7 Å². The number of hydrogen-bond donors (Lipinski definition) is 1. The molecule has 1 amide bonds. The minimum Gasteiger partial charge on any atom is -0.507 e. The Bertz CT molecular complexity index is 938. The summed E-state index contributed by atoms with van der Waals surface area (Å²) in [6.45, 7) is 3.10. The van der Waals surface area contributed by atoms with Crippen molar-refractivity contribution in [3.8, 4) is 0 Å². The van der Waals surface area contributed by atoms with E-state index in [-0.39, 0.29) is 11.3 Å². The molecule has 0 bridgehead atoms. The summed E-state index contributed by atoms with van der Waals surface area (Å²) >= 11 is 5.94. The fourth-order valence-corrected chi connectivity index (χ4v) is 4.10. The number of hydrogen-bond acceptors (Lipinski definition) is 5. The molecule has 7 heteroatoms. The molecule has 0 aliphatic carbocycles. The van der Waals surface area contributed by atoms with Gasteiger partial charge in [-0.3, -0.25) is 14.6 Å². The van der Waals surface area contributed by atoms with E-state index in [0.717, 1.165) is 25.9 Å². The largest absolute Gasteiger partial charge is 0.507 e. The Morgan fingerprint density at radius 3 is 2.45 bits per heavy atom. The van der Waals surface area contributed by atoms with Crippen LogP contribution in [0, 0.1) is 0 Å². The number of rotatable bonds is 5. The highest BCUT2D eigenvalue weighted by Gasteiger charge is 2.46. The molecular weight excluding hydrogens is 390 g/mol. The predicted molar refractivity (Wildman–Crippen MR) is 110 cm³/mol. The number of ketones is 1. The molecule has 2 fully saturated rings. The quantitative estimate of drug-likeness (QED) is 0.464. The van der Waals surface area contributed by atoms with Crippen molar-refractivity contribution in [2.24, 2.45) is 0 Å². The van der Waals surface area contributed by atoms with Gasteiger partial charge in [0.15, 0.2) is 0 Å². The second-order valence-corrected chi connectivity index (χ2v) is 7.74. The van der Waals surface area contributed by atoms with Gasteiger partial charge in [0.05, 0.1) is 11.3 Å². The summed E-state index contributed by atoms with van der Waals surface area (Å²) in [6, 6.07) is 11.2. The van der Waals surface area contributed by atoms with Crippen LogP contribution in [0.1, 0.15) is 30.1 Å². The molecule has 3 heterocycles. The van der Waals surface area contributed by atoms with Crippen molar-refractivity contribution < 1.29 is 14.7 Å². The van der Waals surface area contributed by atoms with E-state index in [1.165, 1.54) is 4.90 Å². The number of carbonyl (C=O) groups excluding carboxylic acids is 2. The van der Waals surface area contributed by atoms with E-state index < -0.39 is 17.7 Å². The van der Waals surface area contributed by atoms with Crippen LogP contribution in [0.3, 0.4) is 0 Å². The number of aliphatic hydroxyl groups excluding tert-OH is 1. The SMILES string of the molecule is O=C1C(=O)N(CCN2CCCC2)C(c2ccccn2)/C1=C(\O)c1ccc(Cl)cc1. The number of nitrogens with zero attached hydrogens (tertiary/aromatic N) is 3. The summed E-state index contributed by atoms with van der Waals surface area (Å²) in [5.74, 6) is -1.50. The van der Waals surface area contributed by atoms with Gasteiger partial charge in [0.2, 0.25) is 0 Å². The van der Waals surface area contributed by atoms with Gasteiger partial charge < -0.3 is 14.9 Å². The lowest BCUT2D eigenvalue weighted by molar-refractivity contribution is -0.140. The average molecular weight is 412 g/mol. The molecule has 1 unspecified atom stereocenters. The first kappa shape index (κ1) is 19.6. The van der Waals surface area contributed by atoms with Crippen LogP contribution in [-0.4, -0.2) is 57.8 Å². The number of carbonyl (C=O) groups is 2. The lowest BCUT2D eigenvalue weighted by atomic mass is 9.98. The molecular formula is C22H22ClN3O3. The van der Waals surface area contributed by atoms with Gasteiger partial charge in [-0.25, -0.2) is 0 Å². The molecule has 2 aromatic rings. The molecule has 1 aromatic carbocycles. The van der Waals surface area contributed by atoms with Crippen molar-refractivity contribution in [2.75, 3.05) is 26.2 Å². The molecule has 0 saturated carbocycles. The molecule has 1 atom stereocenters. The van der Waals surface area contributed by atoms with Gasteiger partial charge >= 0.3 is 0 Å². The Hall–Kier alpha value is -2.70. The third-order valence-electron chi connectivity index (χ3n) is 5.48. The van der Waals surface area contributed by atoms with E-state index in [9.17, 15) is 14.7 Å². The lowest BCUT2D eigenvalue weighted by Crippen LogP contribution is -2.37. The minimum atomic E-state index is -0.713. The number of amides is 1. The first-order valence-corrected chi connectivity index (χ1v) is 10.1. The van der Waals surface area contributed by atoms with E-state index in [0.29, 0.717) is 29.4 Å². The van der Waals surface area contributed by atoms with Crippen LogP contribution < -0.4 is 0 Å². The average Bonchev–Trinajstić information content (AvgIpc) is 3.34. The molecule has 1 aromatic heterocycles. The molecule has 29 heavy (non-hydrogen) atoms. The summed E-state index contributed by atoms with van der Waals surface area (Å²) in [6.07, 6.45) is 3.93. The highest BCUT2D eigenvalue weighted by molar-refractivity contribution is 6.46. The molecule has 0 radical (unpaired) electrons. The maximum atomic E-state index is 12.9. The van der Waals surface area contributed by atoms with E-state index in [1.54, 1.807) is 42.6 Å². The van der Waals surface area contributed by atoms with Crippen LogP contribution in [0.15, 0.2) is 54.2 Å². The molecule has 0 spiro atoms. The predicted octanol–water partition coefficient (Wildman–Crippen LogP) is 3.25. The van der Waals surface area contributed by atoms with Gasteiger partial charge in [0, 0.05) is 29.9 Å². The van der Waals surface area contributed by atoms with Crippen LogP contribution >= 0.6 is 11.6 Å². The zero-order valence-corrected chi connectivity index (χ0v) is 16.7. The van der Waals surface area contributed by atoms with E-state index >= 15 is 0 Å². The molecule has 1 N–H and O–H groups in total. The number of halogens is 1. The van der Waals surface area contributed by atoms with Crippen LogP contribution in [0.25, 0.3) is 5.76 Å². The summed E-state index contributed by atoms with van der Waals surface area (Å²) in [4.78, 5) is 34.0. The van der Waals surface area contributed by atoms with Crippen molar-refractivity contribution in [2.45, 2.75) is 18.9 Å². The van der Waals surface area contributed by atoms with Gasteiger partial charge in [-0.15, -0.1) is 0 Å². The van der Waals surface area contributed by atoms with Crippen molar-refractivity contribution in [3.63, 3.8) is 0 Å². The Labute approximate surface area is 174 Å². The maximum Gasteiger partial charge on any atom is 0.295 e. The molecule has 6 nitrogen and oxygen atoms in total. The number of benzene rings is 1. The fraction of sp³-hybridized carbons (Fsp3) is 0.318. The monoisotopic (exact) mass is 411 g/mol. The molecule has 2 aliphatic heterocycles. The third-order valence-corrected chi connectivity index (χ3v) is 5.73. The molecule has 150 valence electrons. The van der Waals surface area contributed by atoms with Crippen LogP contribution in [-0.2, 0) is 9.59 Å². The standard InChI is InChI=1S/C22H22ClN3O3/c23-16-8-6-15(7-9-16)20(27)18-19(17-5-1-2-10-24-17)26(22(29)21(18)28)14-13-25-11-3-4-12-25/h1-2,5-10,19,27H,3-4,11-14H2/b20-18+. The molecule has 2 saturated heterocycles. The summed E-state index contributed by atoms with van der Waals surface area (Å²) in [7, 11) is 0. The highest BCUT2D eigenvalue weighted by Crippen LogP contribution is 2.38. The van der Waals surface area contributed by atoms with Crippen LogP contribution in [0.2, 0.25) is 5.02 Å². The molecule has 2 aliphatic rings. The maximum absolute atomic E-state index is 12.9. The van der Waals surface area contributed by atoms with Crippen molar-refractivity contribution in [1.82, 2.24) is 14.8 Å². The van der Waals surface area contributed by atoms with Gasteiger partial charge in [0.25, 0.3) is 11.7 Å². The number of pyridine rings is 1. The first-order chi connectivity index (χ1) is 14.1. The third kappa shape index (κ3) is 3.91. The van der Waals surface area contributed by atoms with E-state index in [4.69, 9.17) is 11.6 Å². The number of Topliss-reactive ketones (excluding diaryl/α,β-unsaturated/α-hetero) is 1. The molecule has 4 rings (SSSR count). The van der Waals surface area contributed by atoms with E-state index in [1.807, 2.05) is 6.07 Å². The normalized spacial score (nSPS) is 21.8. The van der Waals surface area contributed by atoms with Crippen molar-refractivity contribution in [3.05, 3.63) is 70.5 Å². The van der Waals surface area contributed by atoms with Gasteiger partial charge in [-0.05, 0) is 62.3 Å². The van der Waals surface area contributed by atoms with Gasteiger partial charge in [0.1, 0.15) is 11.8 Å². The number of likely N-dealkylation sites (tertiary alicyclic amines) is 2. The topological polar surface area (TPSA) is 73.7 Å². The van der Waals surface area contributed by atoms with Crippen molar-refractivity contribution >= 4 is 29.1 Å². The van der Waals surface area contributed by atoms with Crippen LogP contribution in [0.4, 0.5) is 0 Å². The Morgan fingerprint density at radius 2 is 1.79 bits per heavy atom. The van der Waals surface area contributed by atoms with Crippen LogP contribution in [0.5, 0.6) is 0 Å². The Kier molecular flexibility index (Phi) is 5.65. The summed E-state index contributed by atoms with van der Waals surface area (Å²) in [5.41, 5.74) is 1.06. The smallest absolute Gasteiger partial charge is 0.295 e. The highest BCUT2D eigenvalue weighted by atomic mass is 35.5. The number of aromatic nitrogens is 1. The first-order valence-electron chi connectivity index (χ1n) is 9.74.